The van der Waals surface area contributed by atoms with E-state index in [1.165, 1.54) is 0 Å². The zero-order valence-corrected chi connectivity index (χ0v) is 12.4. The molecule has 6 nitrogen and oxygen atoms in total. The maximum absolute atomic E-state index is 9.15. The standard InChI is InChI=1S/C15H23N5O/c1-2-3-12-8-15(20-14(18-12)4-6-17-20)19-9-11(5-7-21)13(16)10-19/h4,6,8,11,13,21H,2-3,5,7,9-10,16H2,1H3/t11-,13-/m0/s1. The number of aryl methyl sites for hydroxylation is 1. The van der Waals surface area contributed by atoms with E-state index in [1.54, 1.807) is 6.20 Å². The van der Waals surface area contributed by atoms with Crippen LogP contribution in [0.2, 0.25) is 0 Å². The Balaban J connectivity index is 1.94. The Labute approximate surface area is 124 Å². The molecule has 0 bridgehead atoms. The minimum atomic E-state index is 0.102. The molecule has 1 saturated heterocycles. The fourth-order valence-corrected chi connectivity index (χ4v) is 3.11. The third kappa shape index (κ3) is 2.73. The third-order valence-corrected chi connectivity index (χ3v) is 4.22. The maximum atomic E-state index is 9.15. The highest BCUT2D eigenvalue weighted by atomic mass is 16.3. The van der Waals surface area contributed by atoms with Crippen LogP contribution in [-0.4, -0.2) is 45.4 Å². The minimum absolute atomic E-state index is 0.102. The van der Waals surface area contributed by atoms with Gasteiger partial charge < -0.3 is 15.7 Å². The molecule has 1 aliphatic heterocycles. The molecule has 0 saturated carbocycles. The largest absolute Gasteiger partial charge is 0.396 e. The van der Waals surface area contributed by atoms with Crippen LogP contribution in [-0.2, 0) is 6.42 Å². The van der Waals surface area contributed by atoms with E-state index in [1.807, 2.05) is 10.6 Å². The molecule has 3 N–H and O–H groups in total. The fraction of sp³-hybridized carbons (Fsp3) is 0.600. The SMILES string of the molecule is CCCc1cc(N2C[C@H](CCO)[C@@H](N)C2)n2nccc2n1. The Morgan fingerprint density at radius 2 is 2.29 bits per heavy atom. The number of fused-ring (bicyclic) bond motifs is 1. The van der Waals surface area contributed by atoms with E-state index in [2.05, 4.69) is 28.0 Å². The van der Waals surface area contributed by atoms with Gasteiger partial charge in [-0.15, -0.1) is 0 Å². The van der Waals surface area contributed by atoms with Crippen LogP contribution in [0.15, 0.2) is 18.3 Å². The molecule has 0 amide bonds. The lowest BCUT2D eigenvalue weighted by Gasteiger charge is -2.20. The van der Waals surface area contributed by atoms with Gasteiger partial charge in [-0.1, -0.05) is 13.3 Å². The highest BCUT2D eigenvalue weighted by Gasteiger charge is 2.31. The summed E-state index contributed by atoms with van der Waals surface area (Å²) >= 11 is 0. The summed E-state index contributed by atoms with van der Waals surface area (Å²) in [7, 11) is 0. The summed E-state index contributed by atoms with van der Waals surface area (Å²) in [6, 6.07) is 4.16. The van der Waals surface area contributed by atoms with Gasteiger partial charge in [0, 0.05) is 43.6 Å². The predicted molar refractivity (Wildman–Crippen MR) is 82.4 cm³/mol. The molecule has 2 aromatic rings. The van der Waals surface area contributed by atoms with Gasteiger partial charge in [0.2, 0.25) is 0 Å². The lowest BCUT2D eigenvalue weighted by molar-refractivity contribution is 0.257. The summed E-state index contributed by atoms with van der Waals surface area (Å²) in [6.45, 7) is 4.02. The highest BCUT2D eigenvalue weighted by Crippen LogP contribution is 2.26. The van der Waals surface area contributed by atoms with E-state index in [0.717, 1.165) is 49.5 Å². The Morgan fingerprint density at radius 3 is 3.05 bits per heavy atom. The molecule has 6 heteroatoms. The number of hydrogen-bond donors (Lipinski definition) is 2. The minimum Gasteiger partial charge on any atom is -0.396 e. The predicted octanol–water partition coefficient (Wildman–Crippen LogP) is 0.828. The first-order chi connectivity index (χ1) is 10.2. The van der Waals surface area contributed by atoms with Crippen LogP contribution in [0.25, 0.3) is 5.65 Å². The van der Waals surface area contributed by atoms with E-state index in [-0.39, 0.29) is 12.6 Å². The molecule has 1 aliphatic rings. The van der Waals surface area contributed by atoms with Crippen LogP contribution in [0.4, 0.5) is 5.82 Å². The fourth-order valence-electron chi connectivity index (χ4n) is 3.11. The molecule has 3 rings (SSSR count). The molecule has 2 atom stereocenters. The van der Waals surface area contributed by atoms with Crippen molar-refractivity contribution in [3.8, 4) is 0 Å². The summed E-state index contributed by atoms with van der Waals surface area (Å²) in [5.74, 6) is 1.40. The normalized spacial score (nSPS) is 22.3. The highest BCUT2D eigenvalue weighted by molar-refractivity contribution is 5.51. The summed E-state index contributed by atoms with van der Waals surface area (Å²) in [4.78, 5) is 6.90. The second kappa shape index (κ2) is 5.99. The summed E-state index contributed by atoms with van der Waals surface area (Å²) < 4.78 is 1.88. The van der Waals surface area contributed by atoms with E-state index >= 15 is 0 Å². The van der Waals surface area contributed by atoms with Crippen molar-refractivity contribution < 1.29 is 5.11 Å². The van der Waals surface area contributed by atoms with Gasteiger partial charge in [-0.2, -0.15) is 9.61 Å². The van der Waals surface area contributed by atoms with E-state index in [4.69, 9.17) is 10.8 Å². The Morgan fingerprint density at radius 1 is 1.43 bits per heavy atom. The molecular formula is C15H23N5O. The number of aromatic nitrogens is 3. The van der Waals surface area contributed by atoms with Crippen LogP contribution in [0.5, 0.6) is 0 Å². The quantitative estimate of drug-likeness (QED) is 0.852. The number of rotatable bonds is 5. The van der Waals surface area contributed by atoms with Crippen molar-refractivity contribution in [3.05, 3.63) is 24.0 Å². The topological polar surface area (TPSA) is 79.7 Å². The summed E-state index contributed by atoms with van der Waals surface area (Å²) in [5.41, 5.74) is 8.19. The van der Waals surface area contributed by atoms with Gasteiger partial charge >= 0.3 is 0 Å². The van der Waals surface area contributed by atoms with Gasteiger partial charge in [-0.25, -0.2) is 4.98 Å². The average Bonchev–Trinajstić information content (AvgIpc) is 3.06. The van der Waals surface area contributed by atoms with E-state index < -0.39 is 0 Å². The number of anilines is 1. The molecule has 3 heterocycles. The Bertz CT molecular complexity index is 611. The van der Waals surface area contributed by atoms with Crippen molar-refractivity contribution in [2.45, 2.75) is 32.2 Å². The lowest BCUT2D eigenvalue weighted by Crippen LogP contribution is -2.30. The molecule has 0 aromatic carbocycles. The molecule has 0 aliphatic carbocycles. The van der Waals surface area contributed by atoms with E-state index in [0.29, 0.717) is 5.92 Å². The van der Waals surface area contributed by atoms with Gasteiger partial charge in [0.1, 0.15) is 5.82 Å². The van der Waals surface area contributed by atoms with Crippen molar-refractivity contribution in [2.24, 2.45) is 11.7 Å². The van der Waals surface area contributed by atoms with Crippen LogP contribution >= 0.6 is 0 Å². The average molecular weight is 289 g/mol. The van der Waals surface area contributed by atoms with Crippen molar-refractivity contribution in [2.75, 3.05) is 24.6 Å². The number of aliphatic hydroxyl groups is 1. The second-order valence-corrected chi connectivity index (χ2v) is 5.80. The van der Waals surface area contributed by atoms with Gasteiger partial charge in [0.15, 0.2) is 5.65 Å². The van der Waals surface area contributed by atoms with Gasteiger partial charge in [-0.3, -0.25) is 0 Å². The molecule has 2 aromatic heterocycles. The van der Waals surface area contributed by atoms with Crippen molar-refractivity contribution in [1.82, 2.24) is 14.6 Å². The molecule has 0 radical (unpaired) electrons. The monoisotopic (exact) mass is 289 g/mol. The smallest absolute Gasteiger partial charge is 0.157 e. The first kappa shape index (κ1) is 14.3. The van der Waals surface area contributed by atoms with Gasteiger partial charge in [0.05, 0.1) is 6.20 Å². The molecule has 114 valence electrons. The summed E-state index contributed by atoms with van der Waals surface area (Å²) in [5, 5.41) is 13.5. The third-order valence-electron chi connectivity index (χ3n) is 4.22. The number of nitrogens with two attached hydrogens (primary N) is 1. The Hall–Kier alpha value is -1.66. The van der Waals surface area contributed by atoms with Crippen molar-refractivity contribution >= 4 is 11.5 Å². The first-order valence-electron chi connectivity index (χ1n) is 7.68. The summed E-state index contributed by atoms with van der Waals surface area (Å²) in [6.07, 6.45) is 4.58. The lowest BCUT2D eigenvalue weighted by atomic mass is 10.0. The van der Waals surface area contributed by atoms with E-state index in [9.17, 15) is 0 Å². The zero-order valence-electron chi connectivity index (χ0n) is 12.4. The zero-order chi connectivity index (χ0) is 14.8. The maximum Gasteiger partial charge on any atom is 0.157 e. The Kier molecular flexibility index (Phi) is 4.07. The molecule has 21 heavy (non-hydrogen) atoms. The number of aliphatic hydroxyl groups excluding tert-OH is 1. The molecule has 0 spiro atoms. The molecule has 0 unspecified atom stereocenters. The van der Waals surface area contributed by atoms with Gasteiger partial charge in [0.25, 0.3) is 0 Å². The van der Waals surface area contributed by atoms with Crippen LogP contribution in [0.1, 0.15) is 25.5 Å². The molecular weight excluding hydrogens is 266 g/mol. The molecule has 1 fully saturated rings. The van der Waals surface area contributed by atoms with Gasteiger partial charge in [-0.05, 0) is 18.8 Å². The first-order valence-corrected chi connectivity index (χ1v) is 7.68. The van der Waals surface area contributed by atoms with Crippen LogP contribution in [0, 0.1) is 5.92 Å². The van der Waals surface area contributed by atoms with Crippen LogP contribution < -0.4 is 10.6 Å². The second-order valence-electron chi connectivity index (χ2n) is 5.80. The number of hydrogen-bond acceptors (Lipinski definition) is 5. The number of nitrogens with zero attached hydrogens (tertiary/aromatic N) is 4. The van der Waals surface area contributed by atoms with Crippen molar-refractivity contribution in [3.63, 3.8) is 0 Å². The van der Waals surface area contributed by atoms with Crippen LogP contribution in [0.3, 0.4) is 0 Å². The van der Waals surface area contributed by atoms with Crippen molar-refractivity contribution in [1.29, 1.82) is 0 Å².